The highest BCUT2D eigenvalue weighted by Crippen LogP contribution is 2.58. The molecule has 7 aliphatic rings. The Morgan fingerprint density at radius 2 is 1.16 bits per heavy atom. The van der Waals surface area contributed by atoms with Crippen LogP contribution in [0.1, 0.15) is 198 Å². The molecule has 0 bridgehead atoms. The van der Waals surface area contributed by atoms with Gasteiger partial charge < -0.3 is 9.64 Å². The molecular weight excluding hydrogens is 896 g/mol. The van der Waals surface area contributed by atoms with Crippen molar-refractivity contribution in [1.29, 1.82) is 0 Å². The molecule has 0 spiro atoms. The maximum Gasteiger partial charge on any atom is 0.252 e. The van der Waals surface area contributed by atoms with Crippen LogP contribution < -0.4 is 20.7 Å². The van der Waals surface area contributed by atoms with Crippen molar-refractivity contribution in [3.63, 3.8) is 0 Å². The minimum absolute atomic E-state index is 0.0169. The topological polar surface area (TPSA) is 15.7 Å². The van der Waals surface area contributed by atoms with Gasteiger partial charge in [-0.1, -0.05) is 151 Å². The van der Waals surface area contributed by atoms with E-state index in [2.05, 4.69) is 212 Å². The Bertz CT molecular complexity index is 3290. The lowest BCUT2D eigenvalue weighted by atomic mass is 9.31. The molecule has 384 valence electrons. The van der Waals surface area contributed by atoms with E-state index < -0.39 is 0 Å². The van der Waals surface area contributed by atoms with Crippen molar-refractivity contribution < 1.29 is 4.74 Å². The highest BCUT2D eigenvalue weighted by atomic mass is 16.5. The Balaban J connectivity index is 1.21. The summed E-state index contributed by atoms with van der Waals surface area (Å²) < 4.78 is 7.88. The van der Waals surface area contributed by atoms with Crippen molar-refractivity contribution >= 4 is 46.1 Å². The molecule has 0 N–H and O–H groups in total. The van der Waals surface area contributed by atoms with Gasteiger partial charge in [0.1, 0.15) is 6.10 Å². The summed E-state index contributed by atoms with van der Waals surface area (Å²) in [5.41, 5.74) is 29.2. The molecule has 4 aliphatic carbocycles. The minimum Gasteiger partial charge on any atom is -0.471 e. The van der Waals surface area contributed by atoms with E-state index in [1.807, 2.05) is 0 Å². The van der Waals surface area contributed by atoms with Crippen molar-refractivity contribution in [3.8, 4) is 11.1 Å². The van der Waals surface area contributed by atoms with Gasteiger partial charge in [-0.05, 0) is 231 Å². The fraction of sp³-hybridized carbons (Fsp3) is 0.486. The molecule has 5 aromatic rings. The number of allylic oxidation sites excluding steroid dienone is 2. The first kappa shape index (κ1) is 49.6. The van der Waals surface area contributed by atoms with Gasteiger partial charge in [-0.3, -0.25) is 4.90 Å². The second-order valence-corrected chi connectivity index (χ2v) is 28.5. The molecule has 4 heteroatoms. The fourth-order valence-electron chi connectivity index (χ4n) is 15.7. The number of hydrogen-bond acceptors (Lipinski definition) is 3. The fourth-order valence-corrected chi connectivity index (χ4v) is 15.7. The minimum atomic E-state index is -0.0854. The van der Waals surface area contributed by atoms with Gasteiger partial charge in [0, 0.05) is 34.4 Å². The zero-order chi connectivity index (χ0) is 52.6. The van der Waals surface area contributed by atoms with Crippen molar-refractivity contribution in [2.24, 2.45) is 11.3 Å². The van der Waals surface area contributed by atoms with Crippen LogP contribution in [0.25, 0.3) is 11.1 Å². The molecule has 3 heterocycles. The number of nitrogens with zero attached hydrogens (tertiary/aromatic N) is 2. The Kier molecular flexibility index (Phi) is 11.0. The van der Waals surface area contributed by atoms with Crippen LogP contribution in [0, 0.1) is 39.0 Å². The van der Waals surface area contributed by atoms with Crippen LogP contribution >= 0.6 is 0 Å². The summed E-state index contributed by atoms with van der Waals surface area (Å²) in [6.45, 7) is 41.1. The first-order chi connectivity index (χ1) is 34.7. The van der Waals surface area contributed by atoms with E-state index in [-0.39, 0.29) is 51.2 Å². The predicted octanol–water partition coefficient (Wildman–Crippen LogP) is 17.7. The molecule has 5 aromatic carbocycles. The lowest BCUT2D eigenvalue weighted by Crippen LogP contribution is -2.57. The quantitative estimate of drug-likeness (QED) is 0.163. The molecule has 12 rings (SSSR count). The largest absolute Gasteiger partial charge is 0.471 e. The molecule has 1 fully saturated rings. The molecule has 1 saturated carbocycles. The zero-order valence-electron chi connectivity index (χ0n) is 48.5. The molecule has 74 heavy (non-hydrogen) atoms. The zero-order valence-corrected chi connectivity index (χ0v) is 48.5. The number of aryl methyl sites for hydroxylation is 4. The number of benzene rings is 5. The van der Waals surface area contributed by atoms with Crippen molar-refractivity contribution in [2.75, 3.05) is 9.80 Å². The second kappa shape index (κ2) is 16.4. The first-order valence-electron chi connectivity index (χ1n) is 28.9. The smallest absolute Gasteiger partial charge is 0.252 e. The summed E-state index contributed by atoms with van der Waals surface area (Å²) in [5.74, 6) is 1.14. The molecule has 1 unspecified atom stereocenters. The number of ether oxygens (including phenoxy) is 1. The third-order valence-electron chi connectivity index (χ3n) is 20.3. The maximum absolute atomic E-state index is 7.88. The molecule has 0 radical (unpaired) electrons. The van der Waals surface area contributed by atoms with Crippen LogP contribution in [0.2, 0.25) is 0 Å². The van der Waals surface area contributed by atoms with E-state index in [0.29, 0.717) is 0 Å². The monoisotopic (exact) mass is 981 g/mol. The Morgan fingerprint density at radius 3 is 1.77 bits per heavy atom. The number of fused-ring (bicyclic) bond motifs is 7. The van der Waals surface area contributed by atoms with Crippen LogP contribution in [0.15, 0.2) is 107 Å². The summed E-state index contributed by atoms with van der Waals surface area (Å²) >= 11 is 0. The standard InChI is InChI=1S/C70H85BN2O/c1-18-45-34-49-60(40-51(45)70(17)25-19-20-26-70)74-64-62(49)71-55-37-47(65(6,7)8)21-24-56(55)73(57-39-54-52(33-42(57)3)67(11,12)29-30-69(54,15)16)59-36-46(61-43(4)31-41(2)32-44(61)5)35-58(63(59)71)72(64)48-22-23-50-53(38-48)68(13,14)28-27-66(50,9)10/h21-24,31-40,49,60H,18-20,25-30H2,1-17H3/t49?,60-/m1/s1. The molecular formula is C70H85BN2O. The van der Waals surface area contributed by atoms with E-state index in [0.717, 1.165) is 18.7 Å². The summed E-state index contributed by atoms with van der Waals surface area (Å²) in [7, 11) is 0. The van der Waals surface area contributed by atoms with E-state index in [9.17, 15) is 0 Å². The Morgan fingerprint density at radius 1 is 0.581 bits per heavy atom. The number of hydrogen-bond donors (Lipinski definition) is 0. The Labute approximate surface area is 447 Å². The third kappa shape index (κ3) is 7.39. The van der Waals surface area contributed by atoms with Crippen molar-refractivity contribution in [2.45, 2.75) is 209 Å². The Hall–Kier alpha value is -5.22. The lowest BCUT2D eigenvalue weighted by Gasteiger charge is -2.46. The molecule has 3 aliphatic heterocycles. The van der Waals surface area contributed by atoms with Gasteiger partial charge in [0.2, 0.25) is 0 Å². The van der Waals surface area contributed by atoms with E-state index in [1.165, 1.54) is 157 Å². The maximum atomic E-state index is 7.88. The molecule has 0 amide bonds. The van der Waals surface area contributed by atoms with Gasteiger partial charge in [-0.25, -0.2) is 0 Å². The van der Waals surface area contributed by atoms with Crippen LogP contribution in [0.4, 0.5) is 28.4 Å². The van der Waals surface area contributed by atoms with Gasteiger partial charge in [-0.15, -0.1) is 0 Å². The van der Waals surface area contributed by atoms with Gasteiger partial charge in [0.25, 0.3) is 6.71 Å². The van der Waals surface area contributed by atoms with E-state index in [4.69, 9.17) is 4.74 Å². The SMILES string of the molecule is CCC1=CC2C3=C(O[C@@H]2C=C1C1(C)CCCC1)N(c1ccc2c(c1)C(C)(C)CCC2(C)C)c1cc(-c2c(C)cc(C)cc2C)cc2c1B3c1cc(C(C)(C)C)ccc1N2c1cc2c(cc1C)C(C)(C)CCC2(C)C. The van der Waals surface area contributed by atoms with Crippen molar-refractivity contribution in [3.05, 3.63) is 158 Å². The summed E-state index contributed by atoms with van der Waals surface area (Å²) in [5, 5.41) is 0. The average Bonchev–Trinajstić information content (AvgIpc) is 3.95. The summed E-state index contributed by atoms with van der Waals surface area (Å²) in [4.78, 5) is 5.37. The van der Waals surface area contributed by atoms with Gasteiger partial charge >= 0.3 is 0 Å². The van der Waals surface area contributed by atoms with Gasteiger partial charge in [-0.2, -0.15) is 0 Å². The summed E-state index contributed by atoms with van der Waals surface area (Å²) in [6.07, 6.45) is 16.1. The predicted molar refractivity (Wildman–Crippen MR) is 317 cm³/mol. The number of rotatable bonds is 5. The lowest BCUT2D eigenvalue weighted by molar-refractivity contribution is 0.158. The second-order valence-electron chi connectivity index (χ2n) is 28.5. The number of anilines is 5. The third-order valence-corrected chi connectivity index (χ3v) is 20.3. The highest BCUT2D eigenvalue weighted by molar-refractivity contribution is 6.95. The van der Waals surface area contributed by atoms with Crippen LogP contribution in [0.5, 0.6) is 0 Å². The van der Waals surface area contributed by atoms with Crippen molar-refractivity contribution in [1.82, 2.24) is 0 Å². The van der Waals surface area contributed by atoms with Gasteiger partial charge in [0.15, 0.2) is 5.88 Å². The normalized spacial score (nSPS) is 23.2. The molecule has 3 nitrogen and oxygen atoms in total. The van der Waals surface area contributed by atoms with E-state index in [1.54, 1.807) is 5.57 Å². The van der Waals surface area contributed by atoms with Crippen LogP contribution in [-0.2, 0) is 31.8 Å². The van der Waals surface area contributed by atoms with E-state index >= 15 is 0 Å². The molecule has 0 aromatic heterocycles. The average molecular weight is 981 g/mol. The van der Waals surface area contributed by atoms with Crippen LogP contribution in [0.3, 0.4) is 0 Å². The van der Waals surface area contributed by atoms with Gasteiger partial charge in [0.05, 0.1) is 0 Å². The first-order valence-corrected chi connectivity index (χ1v) is 28.9. The molecule has 2 atom stereocenters. The van der Waals surface area contributed by atoms with Crippen LogP contribution in [-0.4, -0.2) is 12.8 Å². The highest BCUT2D eigenvalue weighted by Gasteiger charge is 2.54. The molecule has 0 saturated heterocycles. The summed E-state index contributed by atoms with van der Waals surface area (Å²) in [6, 6.07) is 30.3.